The number of benzene rings is 1. The molecule has 1 rings (SSSR count). The summed E-state index contributed by atoms with van der Waals surface area (Å²) in [6.07, 6.45) is 0.784. The van der Waals surface area contributed by atoms with Crippen LogP contribution in [0.2, 0.25) is 0 Å². The molecule has 0 radical (unpaired) electrons. The second-order valence-corrected chi connectivity index (χ2v) is 7.63. The Morgan fingerprint density at radius 1 is 0.905 bits per heavy atom. The molecule has 0 aliphatic rings. The molecule has 21 heavy (non-hydrogen) atoms. The lowest BCUT2D eigenvalue weighted by Crippen LogP contribution is -2.18. The Morgan fingerprint density at radius 3 is 1.76 bits per heavy atom. The summed E-state index contributed by atoms with van der Waals surface area (Å²) in [5.41, 5.74) is 2.91. The van der Waals surface area contributed by atoms with Gasteiger partial charge in [-0.15, -0.1) is 0 Å². The van der Waals surface area contributed by atoms with E-state index in [9.17, 15) is 5.11 Å². The van der Waals surface area contributed by atoms with Crippen LogP contribution < -0.4 is 0 Å². The number of ether oxygens (including phenoxy) is 1. The smallest absolute Gasteiger partial charge is 0.123 e. The van der Waals surface area contributed by atoms with Crippen molar-refractivity contribution in [1.82, 2.24) is 0 Å². The van der Waals surface area contributed by atoms with E-state index in [1.54, 1.807) is 0 Å². The van der Waals surface area contributed by atoms with Gasteiger partial charge in [0, 0.05) is 0 Å². The van der Waals surface area contributed by atoms with Crippen LogP contribution in [0, 0.1) is 0 Å². The first-order valence-electron chi connectivity index (χ1n) is 7.63. The predicted molar refractivity (Wildman–Crippen MR) is 87.1 cm³/mol. The van der Waals surface area contributed by atoms with Crippen LogP contribution in [-0.2, 0) is 22.0 Å². The van der Waals surface area contributed by atoms with Gasteiger partial charge in [-0.1, -0.05) is 53.7 Å². The molecule has 0 aliphatic carbocycles. The Labute approximate surface area is 129 Å². The average molecular weight is 294 g/mol. The highest BCUT2D eigenvalue weighted by Crippen LogP contribution is 2.39. The van der Waals surface area contributed by atoms with Gasteiger partial charge in [0.2, 0.25) is 0 Å². The average Bonchev–Trinajstić information content (AvgIpc) is 2.33. The zero-order valence-electron chi connectivity index (χ0n) is 14.3. The number of aliphatic hydroxyl groups excluding tert-OH is 1. The van der Waals surface area contributed by atoms with Gasteiger partial charge in [-0.3, -0.25) is 0 Å². The monoisotopic (exact) mass is 294 g/mol. The molecule has 0 aromatic heterocycles. The first-order valence-corrected chi connectivity index (χ1v) is 7.63. The molecule has 1 aromatic rings. The van der Waals surface area contributed by atoms with Crippen molar-refractivity contribution < 1.29 is 14.9 Å². The molecular formula is C18H30O3. The number of hydrogen-bond donors (Lipinski definition) is 2. The fourth-order valence-corrected chi connectivity index (χ4v) is 2.34. The zero-order valence-corrected chi connectivity index (χ0v) is 14.3. The quantitative estimate of drug-likeness (QED) is 0.817. The number of phenols is 1. The number of rotatable bonds is 5. The molecule has 0 heterocycles. The molecule has 120 valence electrons. The van der Waals surface area contributed by atoms with Gasteiger partial charge in [0.05, 0.1) is 19.8 Å². The van der Waals surface area contributed by atoms with Crippen molar-refractivity contribution in [1.29, 1.82) is 0 Å². The maximum atomic E-state index is 10.6. The minimum Gasteiger partial charge on any atom is -0.507 e. The Morgan fingerprint density at radius 2 is 1.38 bits per heavy atom. The van der Waals surface area contributed by atoms with Crippen LogP contribution in [-0.4, -0.2) is 30.0 Å². The van der Waals surface area contributed by atoms with Crippen molar-refractivity contribution in [3.05, 3.63) is 28.8 Å². The predicted octanol–water partition coefficient (Wildman–Crippen LogP) is 3.54. The Bertz CT molecular complexity index is 429. The van der Waals surface area contributed by atoms with Gasteiger partial charge in [-0.2, -0.15) is 0 Å². The molecule has 1 aromatic carbocycles. The van der Waals surface area contributed by atoms with Gasteiger partial charge in [-0.25, -0.2) is 0 Å². The van der Waals surface area contributed by atoms with Crippen LogP contribution in [0.25, 0.3) is 0 Å². The molecule has 0 amide bonds. The summed E-state index contributed by atoms with van der Waals surface area (Å²) < 4.78 is 5.36. The summed E-state index contributed by atoms with van der Waals surface area (Å²) in [4.78, 5) is 0. The fraction of sp³-hybridized carbons (Fsp3) is 0.667. The SMILES string of the molecule is CC(C)(C)c1cc(CCOCCO)cc(C(C)(C)C)c1O. The van der Waals surface area contributed by atoms with E-state index in [1.807, 2.05) is 0 Å². The molecule has 0 saturated heterocycles. The molecule has 0 spiro atoms. The van der Waals surface area contributed by atoms with Gasteiger partial charge in [0.25, 0.3) is 0 Å². The Hall–Kier alpha value is -1.06. The number of aliphatic hydroxyl groups is 1. The molecule has 0 bridgehead atoms. The highest BCUT2D eigenvalue weighted by atomic mass is 16.5. The second-order valence-electron chi connectivity index (χ2n) is 7.63. The van der Waals surface area contributed by atoms with E-state index in [0.29, 0.717) is 19.0 Å². The molecule has 0 saturated carbocycles. The molecule has 0 fully saturated rings. The largest absolute Gasteiger partial charge is 0.507 e. The van der Waals surface area contributed by atoms with Crippen molar-refractivity contribution >= 4 is 0 Å². The summed E-state index contributed by atoms with van der Waals surface area (Å²) in [5.74, 6) is 0.412. The van der Waals surface area contributed by atoms with E-state index in [0.717, 1.165) is 17.5 Å². The van der Waals surface area contributed by atoms with Crippen molar-refractivity contribution in [2.24, 2.45) is 0 Å². The van der Waals surface area contributed by atoms with E-state index < -0.39 is 0 Å². The van der Waals surface area contributed by atoms with Crippen LogP contribution in [0.1, 0.15) is 58.2 Å². The molecule has 3 heteroatoms. The number of phenolic OH excluding ortho intramolecular Hbond substituents is 1. The molecule has 3 nitrogen and oxygen atoms in total. The summed E-state index contributed by atoms with van der Waals surface area (Å²) in [5, 5.41) is 19.4. The zero-order chi connectivity index (χ0) is 16.3. The van der Waals surface area contributed by atoms with E-state index in [2.05, 4.69) is 53.7 Å². The minimum absolute atomic E-state index is 0.0516. The Kier molecular flexibility index (Phi) is 5.83. The lowest BCUT2D eigenvalue weighted by atomic mass is 9.78. The lowest BCUT2D eigenvalue weighted by Gasteiger charge is -2.28. The first-order chi connectivity index (χ1) is 9.57. The molecule has 2 N–H and O–H groups in total. The summed E-state index contributed by atoms with van der Waals surface area (Å²) in [7, 11) is 0. The van der Waals surface area contributed by atoms with Crippen LogP contribution in [0.3, 0.4) is 0 Å². The van der Waals surface area contributed by atoms with E-state index in [4.69, 9.17) is 9.84 Å². The third-order valence-corrected chi connectivity index (χ3v) is 3.56. The van der Waals surface area contributed by atoms with Crippen molar-refractivity contribution in [2.45, 2.75) is 58.8 Å². The van der Waals surface area contributed by atoms with Crippen LogP contribution in [0.5, 0.6) is 5.75 Å². The van der Waals surface area contributed by atoms with E-state index >= 15 is 0 Å². The lowest BCUT2D eigenvalue weighted by molar-refractivity contribution is 0.0944. The normalized spacial score (nSPS) is 12.7. The summed E-state index contributed by atoms with van der Waals surface area (Å²) in [6, 6.07) is 4.15. The van der Waals surface area contributed by atoms with Gasteiger partial charge in [0.1, 0.15) is 5.75 Å². The summed E-state index contributed by atoms with van der Waals surface area (Å²) in [6.45, 7) is 13.7. The van der Waals surface area contributed by atoms with Gasteiger partial charge >= 0.3 is 0 Å². The van der Waals surface area contributed by atoms with Crippen molar-refractivity contribution in [3.8, 4) is 5.75 Å². The molecule has 0 aliphatic heterocycles. The van der Waals surface area contributed by atoms with Gasteiger partial charge in [-0.05, 0) is 33.9 Å². The minimum atomic E-state index is -0.105. The number of hydrogen-bond acceptors (Lipinski definition) is 3. The van der Waals surface area contributed by atoms with Crippen LogP contribution in [0.15, 0.2) is 12.1 Å². The number of aromatic hydroxyl groups is 1. The molecule has 0 unspecified atom stereocenters. The maximum Gasteiger partial charge on any atom is 0.123 e. The van der Waals surface area contributed by atoms with Crippen molar-refractivity contribution in [3.63, 3.8) is 0 Å². The van der Waals surface area contributed by atoms with Gasteiger partial charge < -0.3 is 14.9 Å². The first kappa shape index (κ1) is 18.0. The van der Waals surface area contributed by atoms with Gasteiger partial charge in [0.15, 0.2) is 0 Å². The fourth-order valence-electron chi connectivity index (χ4n) is 2.34. The van der Waals surface area contributed by atoms with Crippen LogP contribution >= 0.6 is 0 Å². The highest BCUT2D eigenvalue weighted by Gasteiger charge is 2.26. The molecule has 0 atom stereocenters. The second kappa shape index (κ2) is 6.80. The topological polar surface area (TPSA) is 49.7 Å². The summed E-state index contributed by atoms with van der Waals surface area (Å²) >= 11 is 0. The Balaban J connectivity index is 3.15. The van der Waals surface area contributed by atoms with Crippen molar-refractivity contribution in [2.75, 3.05) is 19.8 Å². The van der Waals surface area contributed by atoms with E-state index in [1.165, 1.54) is 5.56 Å². The third-order valence-electron chi connectivity index (χ3n) is 3.56. The third kappa shape index (κ3) is 5.01. The van der Waals surface area contributed by atoms with E-state index in [-0.39, 0.29) is 17.4 Å². The maximum absolute atomic E-state index is 10.6. The molecular weight excluding hydrogens is 264 g/mol. The van der Waals surface area contributed by atoms with Crippen LogP contribution in [0.4, 0.5) is 0 Å². The highest BCUT2D eigenvalue weighted by molar-refractivity contribution is 5.49. The standard InChI is InChI=1S/C18H30O3/c1-17(2,3)14-11-13(7-9-21-10-8-19)12-15(16(14)20)18(4,5)6/h11-12,19-20H,7-10H2,1-6H3.